The molecule has 16 heavy (non-hydrogen) atoms. The molecule has 3 aromatic rings. The third-order valence-corrected chi connectivity index (χ3v) is 2.51. The maximum Gasteiger partial charge on any atom is 0.227 e. The summed E-state index contributed by atoms with van der Waals surface area (Å²) in [5, 5.41) is 0.655. The predicted octanol–water partition coefficient (Wildman–Crippen LogP) is 3.54. The van der Waals surface area contributed by atoms with Crippen LogP contribution in [0.3, 0.4) is 0 Å². The first-order valence-electron chi connectivity index (χ1n) is 4.79. The first kappa shape index (κ1) is 9.36. The Bertz CT molecular complexity index is 634. The monoisotopic (exact) mass is 230 g/mol. The molecule has 0 unspecified atom stereocenters. The highest BCUT2D eigenvalue weighted by Gasteiger charge is 2.07. The Labute approximate surface area is 96.7 Å². The van der Waals surface area contributed by atoms with Gasteiger partial charge in [0, 0.05) is 23.0 Å². The van der Waals surface area contributed by atoms with Crippen LogP contribution < -0.4 is 0 Å². The Balaban J connectivity index is 2.19. The smallest absolute Gasteiger partial charge is 0.227 e. The van der Waals surface area contributed by atoms with Crippen LogP contribution in [0.15, 0.2) is 47.1 Å². The van der Waals surface area contributed by atoms with Gasteiger partial charge in [-0.05, 0) is 30.3 Å². The van der Waals surface area contributed by atoms with E-state index in [0.29, 0.717) is 10.9 Å². The topological polar surface area (TPSA) is 38.9 Å². The van der Waals surface area contributed by atoms with Crippen molar-refractivity contribution >= 4 is 22.7 Å². The van der Waals surface area contributed by atoms with E-state index >= 15 is 0 Å². The number of hydrogen-bond donors (Lipinski definition) is 0. The molecule has 0 amide bonds. The van der Waals surface area contributed by atoms with Crippen molar-refractivity contribution in [2.24, 2.45) is 0 Å². The SMILES string of the molecule is Clc1ccc2oc(-c3ccncc3)nc2c1. The molecule has 78 valence electrons. The van der Waals surface area contributed by atoms with E-state index in [1.807, 2.05) is 18.2 Å². The lowest BCUT2D eigenvalue weighted by Gasteiger charge is -1.91. The summed E-state index contributed by atoms with van der Waals surface area (Å²) in [6.45, 7) is 0. The average Bonchev–Trinajstić information content (AvgIpc) is 2.73. The van der Waals surface area contributed by atoms with Crippen LogP contribution in [0, 0.1) is 0 Å². The standard InChI is InChI=1S/C12H7ClN2O/c13-9-1-2-11-10(7-9)15-12(16-11)8-3-5-14-6-4-8/h1-7H. The molecule has 0 N–H and O–H groups in total. The van der Waals surface area contributed by atoms with Crippen LogP contribution in [0.5, 0.6) is 0 Å². The number of oxazole rings is 1. The lowest BCUT2D eigenvalue weighted by atomic mass is 10.3. The maximum atomic E-state index is 5.88. The predicted molar refractivity (Wildman–Crippen MR) is 62.3 cm³/mol. The number of rotatable bonds is 1. The van der Waals surface area contributed by atoms with Gasteiger partial charge in [-0.1, -0.05) is 11.6 Å². The fourth-order valence-electron chi connectivity index (χ4n) is 1.52. The van der Waals surface area contributed by atoms with Gasteiger partial charge < -0.3 is 4.42 Å². The Hall–Kier alpha value is -1.87. The van der Waals surface area contributed by atoms with Crippen LogP contribution in [0.25, 0.3) is 22.6 Å². The molecule has 0 aliphatic heterocycles. The van der Waals surface area contributed by atoms with Gasteiger partial charge in [0.15, 0.2) is 5.58 Å². The molecule has 0 fully saturated rings. The van der Waals surface area contributed by atoms with E-state index in [1.54, 1.807) is 24.5 Å². The Kier molecular flexibility index (Phi) is 2.11. The lowest BCUT2D eigenvalue weighted by Crippen LogP contribution is -1.76. The molecule has 3 rings (SSSR count). The van der Waals surface area contributed by atoms with Gasteiger partial charge >= 0.3 is 0 Å². The highest BCUT2D eigenvalue weighted by Crippen LogP contribution is 2.25. The van der Waals surface area contributed by atoms with Crippen molar-refractivity contribution in [2.45, 2.75) is 0 Å². The molecular formula is C12H7ClN2O. The second kappa shape index (κ2) is 3.61. The van der Waals surface area contributed by atoms with E-state index in [4.69, 9.17) is 16.0 Å². The highest BCUT2D eigenvalue weighted by atomic mass is 35.5. The summed E-state index contributed by atoms with van der Waals surface area (Å²) >= 11 is 5.88. The summed E-state index contributed by atoms with van der Waals surface area (Å²) in [7, 11) is 0. The summed E-state index contributed by atoms with van der Waals surface area (Å²) < 4.78 is 5.61. The molecule has 0 spiro atoms. The normalized spacial score (nSPS) is 10.8. The molecule has 0 radical (unpaired) electrons. The largest absolute Gasteiger partial charge is 0.436 e. The third kappa shape index (κ3) is 1.55. The van der Waals surface area contributed by atoms with E-state index in [0.717, 1.165) is 16.7 Å². The molecule has 2 heterocycles. The van der Waals surface area contributed by atoms with Crippen molar-refractivity contribution in [1.29, 1.82) is 0 Å². The number of pyridine rings is 1. The Morgan fingerprint density at radius 3 is 2.69 bits per heavy atom. The van der Waals surface area contributed by atoms with Gasteiger partial charge in [0.25, 0.3) is 0 Å². The fourth-order valence-corrected chi connectivity index (χ4v) is 1.68. The minimum absolute atomic E-state index is 0.583. The molecule has 4 heteroatoms. The van der Waals surface area contributed by atoms with Crippen LogP contribution in [0.2, 0.25) is 5.02 Å². The van der Waals surface area contributed by atoms with Crippen molar-refractivity contribution in [3.63, 3.8) is 0 Å². The molecule has 0 aliphatic rings. The van der Waals surface area contributed by atoms with Crippen LogP contribution >= 0.6 is 11.6 Å². The summed E-state index contributed by atoms with van der Waals surface area (Å²) in [5.41, 5.74) is 2.40. The summed E-state index contributed by atoms with van der Waals surface area (Å²) in [6.07, 6.45) is 3.41. The van der Waals surface area contributed by atoms with Gasteiger partial charge in [-0.15, -0.1) is 0 Å². The molecule has 0 atom stereocenters. The summed E-state index contributed by atoms with van der Waals surface area (Å²) in [6, 6.07) is 9.09. The highest BCUT2D eigenvalue weighted by molar-refractivity contribution is 6.31. The lowest BCUT2D eigenvalue weighted by molar-refractivity contribution is 0.619. The Morgan fingerprint density at radius 1 is 1.06 bits per heavy atom. The summed E-state index contributed by atoms with van der Waals surface area (Å²) in [5.74, 6) is 0.583. The molecule has 0 bridgehead atoms. The van der Waals surface area contributed by atoms with Crippen molar-refractivity contribution in [3.8, 4) is 11.5 Å². The first-order chi connectivity index (χ1) is 7.83. The molecule has 0 aliphatic carbocycles. The van der Waals surface area contributed by atoms with E-state index in [2.05, 4.69) is 9.97 Å². The van der Waals surface area contributed by atoms with Crippen LogP contribution in [0.1, 0.15) is 0 Å². The number of hydrogen-bond acceptors (Lipinski definition) is 3. The number of halogens is 1. The molecular weight excluding hydrogens is 224 g/mol. The molecule has 1 aromatic carbocycles. The minimum Gasteiger partial charge on any atom is -0.436 e. The van der Waals surface area contributed by atoms with E-state index in [-0.39, 0.29) is 0 Å². The zero-order valence-electron chi connectivity index (χ0n) is 8.22. The van der Waals surface area contributed by atoms with Gasteiger partial charge in [0.1, 0.15) is 5.52 Å². The number of nitrogens with zero attached hydrogens (tertiary/aromatic N) is 2. The summed E-state index contributed by atoms with van der Waals surface area (Å²) in [4.78, 5) is 8.31. The van der Waals surface area contributed by atoms with Crippen molar-refractivity contribution in [3.05, 3.63) is 47.7 Å². The minimum atomic E-state index is 0.583. The van der Waals surface area contributed by atoms with Crippen LogP contribution in [-0.2, 0) is 0 Å². The quantitative estimate of drug-likeness (QED) is 0.642. The zero-order chi connectivity index (χ0) is 11.0. The molecule has 2 aromatic heterocycles. The number of aromatic nitrogens is 2. The van der Waals surface area contributed by atoms with E-state index in [1.165, 1.54) is 0 Å². The number of benzene rings is 1. The van der Waals surface area contributed by atoms with Gasteiger partial charge in [0.2, 0.25) is 5.89 Å². The van der Waals surface area contributed by atoms with E-state index < -0.39 is 0 Å². The third-order valence-electron chi connectivity index (χ3n) is 2.28. The van der Waals surface area contributed by atoms with Crippen LogP contribution in [0.4, 0.5) is 0 Å². The fraction of sp³-hybridized carbons (Fsp3) is 0. The van der Waals surface area contributed by atoms with Gasteiger partial charge in [-0.25, -0.2) is 4.98 Å². The van der Waals surface area contributed by atoms with Crippen molar-refractivity contribution in [2.75, 3.05) is 0 Å². The zero-order valence-corrected chi connectivity index (χ0v) is 8.98. The van der Waals surface area contributed by atoms with Crippen LogP contribution in [-0.4, -0.2) is 9.97 Å². The molecule has 0 saturated carbocycles. The Morgan fingerprint density at radius 2 is 1.88 bits per heavy atom. The molecule has 0 saturated heterocycles. The molecule has 3 nitrogen and oxygen atoms in total. The van der Waals surface area contributed by atoms with Crippen molar-refractivity contribution < 1.29 is 4.42 Å². The first-order valence-corrected chi connectivity index (χ1v) is 5.17. The van der Waals surface area contributed by atoms with Crippen molar-refractivity contribution in [1.82, 2.24) is 9.97 Å². The van der Waals surface area contributed by atoms with Gasteiger partial charge in [-0.3, -0.25) is 4.98 Å². The van der Waals surface area contributed by atoms with Gasteiger partial charge in [-0.2, -0.15) is 0 Å². The average molecular weight is 231 g/mol. The van der Waals surface area contributed by atoms with E-state index in [9.17, 15) is 0 Å². The van der Waals surface area contributed by atoms with Gasteiger partial charge in [0.05, 0.1) is 0 Å². The maximum absolute atomic E-state index is 5.88. The second-order valence-corrected chi connectivity index (χ2v) is 3.80. The number of fused-ring (bicyclic) bond motifs is 1. The second-order valence-electron chi connectivity index (χ2n) is 3.37.